The molecule has 0 saturated carbocycles. The van der Waals surface area contributed by atoms with Crippen LogP contribution in [0.4, 0.5) is 0 Å². The quantitative estimate of drug-likeness (QED) is 0.531. The lowest BCUT2D eigenvalue weighted by atomic mass is 10.4. The van der Waals surface area contributed by atoms with Crippen molar-refractivity contribution in [3.8, 4) is 0 Å². The zero-order chi connectivity index (χ0) is 5.98. The number of nitrogens with zero attached hydrogens (tertiary/aromatic N) is 2. The van der Waals surface area contributed by atoms with Gasteiger partial charge in [0.1, 0.15) is 6.20 Å². The topological polar surface area (TPSA) is 17.8 Å². The Bertz CT molecular complexity index is 142. The van der Waals surface area contributed by atoms with E-state index in [1.165, 1.54) is 0 Å². The third-order valence-electron chi connectivity index (χ3n) is 1.00. The Balaban J connectivity index is 2.77. The van der Waals surface area contributed by atoms with Crippen LogP contribution in [0.1, 0.15) is 19.9 Å². The van der Waals surface area contributed by atoms with Crippen LogP contribution in [0.25, 0.3) is 0 Å². The van der Waals surface area contributed by atoms with Gasteiger partial charge in [0.2, 0.25) is 0 Å². The van der Waals surface area contributed by atoms with Crippen LogP contribution < -0.4 is 0 Å². The highest BCUT2D eigenvalue weighted by atomic mass is 15.3. The van der Waals surface area contributed by atoms with Crippen molar-refractivity contribution in [3.05, 3.63) is 18.5 Å². The molecule has 1 rings (SSSR count). The standard InChI is InChI=1S/C6H9N2/c1-6(2)8-5-3-4-7-8/h3,5-6H,1-2H3. The Morgan fingerprint density at radius 2 is 2.38 bits per heavy atom. The minimum atomic E-state index is 0.459. The first kappa shape index (κ1) is 5.35. The van der Waals surface area contributed by atoms with Gasteiger partial charge in [0.05, 0.1) is 0 Å². The molecule has 0 aromatic carbocycles. The number of rotatable bonds is 1. The molecule has 2 nitrogen and oxygen atoms in total. The monoisotopic (exact) mass is 109 g/mol. The SMILES string of the molecule is CC(C)n1cc[c]n1. The molecule has 2 heteroatoms. The Labute approximate surface area is 49.1 Å². The van der Waals surface area contributed by atoms with Crippen LogP contribution in [0.2, 0.25) is 0 Å². The number of hydrogen-bond acceptors (Lipinski definition) is 1. The van der Waals surface area contributed by atoms with Crippen molar-refractivity contribution in [2.45, 2.75) is 19.9 Å². The highest BCUT2D eigenvalue weighted by Gasteiger charge is 1.92. The molecule has 1 radical (unpaired) electrons. The van der Waals surface area contributed by atoms with E-state index < -0.39 is 0 Å². The summed E-state index contributed by atoms with van der Waals surface area (Å²) in [7, 11) is 0. The maximum Gasteiger partial charge on any atom is 0.113 e. The summed E-state index contributed by atoms with van der Waals surface area (Å²) in [5.41, 5.74) is 0. The van der Waals surface area contributed by atoms with Crippen molar-refractivity contribution < 1.29 is 0 Å². The lowest BCUT2D eigenvalue weighted by Gasteiger charge is -2.01. The second kappa shape index (κ2) is 1.99. The first-order valence-electron chi connectivity index (χ1n) is 2.72. The molecule has 0 aliphatic heterocycles. The molecule has 0 spiro atoms. The molecule has 43 valence electrons. The number of hydrogen-bond donors (Lipinski definition) is 0. The molecular weight excluding hydrogens is 100 g/mol. The first-order valence-corrected chi connectivity index (χ1v) is 2.72. The van der Waals surface area contributed by atoms with Gasteiger partial charge in [0.25, 0.3) is 0 Å². The summed E-state index contributed by atoms with van der Waals surface area (Å²) in [6.07, 6.45) is 4.63. The molecule has 0 N–H and O–H groups in total. The lowest BCUT2D eigenvalue weighted by molar-refractivity contribution is 0.531. The van der Waals surface area contributed by atoms with Crippen molar-refractivity contribution in [2.24, 2.45) is 0 Å². The molecule has 1 heterocycles. The zero-order valence-electron chi connectivity index (χ0n) is 5.13. The normalized spacial score (nSPS) is 10.4. The molecule has 0 aliphatic rings. The fourth-order valence-corrected chi connectivity index (χ4v) is 0.531. The largest absolute Gasteiger partial charge is 0.270 e. The molecule has 8 heavy (non-hydrogen) atoms. The van der Waals surface area contributed by atoms with Crippen LogP contribution in [0, 0.1) is 6.20 Å². The predicted octanol–water partition coefficient (Wildman–Crippen LogP) is 1.26. The van der Waals surface area contributed by atoms with Gasteiger partial charge in [-0.1, -0.05) is 0 Å². The van der Waals surface area contributed by atoms with Gasteiger partial charge in [0.15, 0.2) is 0 Å². The molecule has 0 atom stereocenters. The van der Waals surface area contributed by atoms with Gasteiger partial charge >= 0.3 is 0 Å². The second-order valence-corrected chi connectivity index (χ2v) is 2.02. The summed E-state index contributed by atoms with van der Waals surface area (Å²) in [6.45, 7) is 4.17. The van der Waals surface area contributed by atoms with E-state index >= 15 is 0 Å². The van der Waals surface area contributed by atoms with E-state index in [4.69, 9.17) is 0 Å². The lowest BCUT2D eigenvalue weighted by Crippen LogP contribution is -1.99. The highest BCUT2D eigenvalue weighted by molar-refractivity contribution is 4.77. The zero-order valence-corrected chi connectivity index (χ0v) is 5.13. The Morgan fingerprint density at radius 3 is 2.62 bits per heavy atom. The van der Waals surface area contributed by atoms with Crippen molar-refractivity contribution in [3.63, 3.8) is 0 Å². The van der Waals surface area contributed by atoms with Crippen LogP contribution in [0.5, 0.6) is 0 Å². The van der Waals surface area contributed by atoms with Crippen molar-refractivity contribution in [1.82, 2.24) is 9.78 Å². The van der Waals surface area contributed by atoms with Crippen molar-refractivity contribution >= 4 is 0 Å². The van der Waals surface area contributed by atoms with E-state index in [1.807, 2.05) is 10.9 Å². The molecule has 0 fully saturated rings. The molecule has 0 unspecified atom stereocenters. The minimum Gasteiger partial charge on any atom is -0.270 e. The Kier molecular flexibility index (Phi) is 1.33. The average Bonchev–Trinajstić information content (AvgIpc) is 2.12. The van der Waals surface area contributed by atoms with Crippen molar-refractivity contribution in [2.75, 3.05) is 0 Å². The third kappa shape index (κ3) is 0.886. The summed E-state index contributed by atoms with van der Waals surface area (Å²) in [5.74, 6) is 0. The third-order valence-corrected chi connectivity index (χ3v) is 1.00. The van der Waals surface area contributed by atoms with Gasteiger partial charge in [-0.3, -0.25) is 4.68 Å². The van der Waals surface area contributed by atoms with Gasteiger partial charge in [-0.05, 0) is 19.9 Å². The first-order chi connectivity index (χ1) is 3.80. The summed E-state index contributed by atoms with van der Waals surface area (Å²) < 4.78 is 1.86. The molecule has 1 aromatic rings. The minimum absolute atomic E-state index is 0.459. The average molecular weight is 109 g/mol. The van der Waals surface area contributed by atoms with E-state index in [1.54, 1.807) is 6.07 Å². The van der Waals surface area contributed by atoms with Crippen molar-refractivity contribution in [1.29, 1.82) is 0 Å². The molecular formula is C6H9N2. The van der Waals surface area contributed by atoms with E-state index in [9.17, 15) is 0 Å². The summed E-state index contributed by atoms with van der Waals surface area (Å²) in [6, 6.07) is 2.27. The molecule has 0 aliphatic carbocycles. The van der Waals surface area contributed by atoms with E-state index in [0.29, 0.717) is 6.04 Å². The van der Waals surface area contributed by atoms with Crippen LogP contribution in [-0.4, -0.2) is 9.78 Å². The van der Waals surface area contributed by atoms with Gasteiger partial charge in [-0.2, -0.15) is 5.10 Å². The number of aromatic nitrogens is 2. The molecule has 1 aromatic heterocycles. The summed E-state index contributed by atoms with van der Waals surface area (Å²) >= 11 is 0. The van der Waals surface area contributed by atoms with Gasteiger partial charge in [-0.25, -0.2) is 0 Å². The second-order valence-electron chi connectivity index (χ2n) is 2.02. The maximum atomic E-state index is 3.91. The van der Waals surface area contributed by atoms with E-state index in [2.05, 4.69) is 25.1 Å². The fourth-order valence-electron chi connectivity index (χ4n) is 0.531. The van der Waals surface area contributed by atoms with E-state index in [0.717, 1.165) is 0 Å². The van der Waals surface area contributed by atoms with Gasteiger partial charge in [0, 0.05) is 12.2 Å². The van der Waals surface area contributed by atoms with Crippen LogP contribution in [0.15, 0.2) is 12.3 Å². The Hall–Kier alpha value is -0.790. The van der Waals surface area contributed by atoms with Gasteiger partial charge < -0.3 is 0 Å². The predicted molar refractivity (Wildman–Crippen MR) is 31.4 cm³/mol. The summed E-state index contributed by atoms with van der Waals surface area (Å²) in [5, 5.41) is 3.91. The highest BCUT2D eigenvalue weighted by Crippen LogP contribution is 1.97. The van der Waals surface area contributed by atoms with Crippen LogP contribution >= 0.6 is 0 Å². The summed E-state index contributed by atoms with van der Waals surface area (Å²) in [4.78, 5) is 0. The Morgan fingerprint density at radius 1 is 1.62 bits per heavy atom. The maximum absolute atomic E-state index is 3.91. The fraction of sp³-hybridized carbons (Fsp3) is 0.500. The molecule has 0 bridgehead atoms. The van der Waals surface area contributed by atoms with E-state index in [-0.39, 0.29) is 0 Å². The van der Waals surface area contributed by atoms with Crippen LogP contribution in [-0.2, 0) is 0 Å². The molecule has 0 saturated heterocycles. The van der Waals surface area contributed by atoms with Crippen LogP contribution in [0.3, 0.4) is 0 Å². The smallest absolute Gasteiger partial charge is 0.113 e. The molecule has 0 amide bonds. The van der Waals surface area contributed by atoms with Gasteiger partial charge in [-0.15, -0.1) is 0 Å².